The van der Waals surface area contributed by atoms with Crippen LogP contribution in [-0.4, -0.2) is 11.5 Å². The van der Waals surface area contributed by atoms with E-state index in [0.717, 1.165) is 52.4 Å². The molecule has 3 heterocycles. The fourth-order valence-corrected chi connectivity index (χ4v) is 7.21. The van der Waals surface area contributed by atoms with E-state index in [-0.39, 0.29) is 10.8 Å². The summed E-state index contributed by atoms with van der Waals surface area (Å²) in [6.45, 7) is 7.73. The lowest BCUT2D eigenvalue weighted by Gasteiger charge is -2.26. The van der Waals surface area contributed by atoms with Crippen LogP contribution < -0.4 is 10.3 Å². The Hall–Kier alpha value is -3.96. The Bertz CT molecular complexity index is 1800. The first kappa shape index (κ1) is 24.1. The number of allylic oxidation sites excluding steroid dienone is 4. The van der Waals surface area contributed by atoms with E-state index in [9.17, 15) is 4.79 Å². The van der Waals surface area contributed by atoms with Gasteiger partial charge in [-0.15, -0.1) is 11.3 Å². The monoisotopic (exact) mass is 530 g/mol. The van der Waals surface area contributed by atoms with Gasteiger partial charge in [-0.3, -0.25) is 4.79 Å². The maximum Gasteiger partial charge on any atom is 0.192 e. The molecule has 4 aliphatic rings. The van der Waals surface area contributed by atoms with Gasteiger partial charge < -0.3 is 9.32 Å². The number of aromatic nitrogens is 1. The molecule has 0 fully saturated rings. The van der Waals surface area contributed by atoms with Crippen LogP contribution in [0.3, 0.4) is 0 Å². The molecule has 2 aliphatic heterocycles. The van der Waals surface area contributed by atoms with Gasteiger partial charge in [-0.05, 0) is 79.3 Å². The fourth-order valence-electron chi connectivity index (χ4n) is 6.22. The minimum atomic E-state index is -0.0732. The first-order valence-electron chi connectivity index (χ1n) is 13.7. The number of para-hydroxylation sites is 2. The molecule has 0 spiro atoms. The summed E-state index contributed by atoms with van der Waals surface area (Å²) in [4.78, 5) is 20.3. The number of hydrogen-bond acceptors (Lipinski definition) is 5. The van der Waals surface area contributed by atoms with Crippen molar-refractivity contribution in [3.05, 3.63) is 112 Å². The summed E-state index contributed by atoms with van der Waals surface area (Å²) in [5.41, 5.74) is 8.73. The van der Waals surface area contributed by atoms with Crippen LogP contribution in [0.15, 0.2) is 93.8 Å². The van der Waals surface area contributed by atoms with E-state index in [1.54, 1.807) is 17.4 Å². The molecule has 0 bridgehead atoms. The molecule has 2 aliphatic carbocycles. The second-order valence-electron chi connectivity index (χ2n) is 11.0. The summed E-state index contributed by atoms with van der Waals surface area (Å²) in [5.74, 6) is 1.54. The first-order valence-corrected chi connectivity index (χ1v) is 14.5. The van der Waals surface area contributed by atoms with Gasteiger partial charge >= 0.3 is 0 Å². The standard InChI is InChI=1S/C34H30N2O2S/c1-4-36-27-14-7-5-12-25(27)34(2,3)31(36)17-16-21-10-9-11-22-18-23-19-24(28(37)20-29(23)38-32(21)22)33-35-26-13-6-8-15-30(26)39-33/h5-8,12-20H,4,9-11H2,1-3H3. The molecule has 5 heteroatoms. The second-order valence-corrected chi connectivity index (χ2v) is 12.0. The van der Waals surface area contributed by atoms with Crippen LogP contribution in [0.1, 0.15) is 50.5 Å². The molecule has 0 N–H and O–H groups in total. The molecule has 0 radical (unpaired) electrons. The molecule has 3 aromatic rings. The Morgan fingerprint density at radius 3 is 2.69 bits per heavy atom. The van der Waals surface area contributed by atoms with Crippen molar-refractivity contribution in [1.29, 1.82) is 0 Å². The van der Waals surface area contributed by atoms with Crippen LogP contribution >= 0.6 is 11.3 Å². The predicted octanol–water partition coefficient (Wildman–Crippen LogP) is 8.44. The first-order chi connectivity index (χ1) is 18.9. The molecule has 2 aromatic carbocycles. The highest BCUT2D eigenvalue weighted by Crippen LogP contribution is 2.47. The average Bonchev–Trinajstić information content (AvgIpc) is 3.46. The molecule has 0 unspecified atom stereocenters. The molecule has 4 nitrogen and oxygen atoms in total. The van der Waals surface area contributed by atoms with Crippen molar-refractivity contribution in [3.63, 3.8) is 0 Å². The normalized spacial score (nSPS) is 18.3. The number of benzene rings is 3. The topological polar surface area (TPSA) is 46.3 Å². The smallest absolute Gasteiger partial charge is 0.192 e. The highest BCUT2D eigenvalue weighted by atomic mass is 32.1. The number of fused-ring (bicyclic) bond motifs is 4. The third-order valence-corrected chi connectivity index (χ3v) is 9.28. The van der Waals surface area contributed by atoms with Crippen molar-refractivity contribution >= 4 is 32.8 Å². The number of likely N-dealkylation sites (N-methyl/N-ethyl adjacent to an activating group) is 1. The molecule has 0 saturated heterocycles. The van der Waals surface area contributed by atoms with Gasteiger partial charge in [0.15, 0.2) is 5.43 Å². The van der Waals surface area contributed by atoms with E-state index in [1.807, 2.05) is 30.3 Å². The maximum absolute atomic E-state index is 13.2. The van der Waals surface area contributed by atoms with Crippen molar-refractivity contribution in [2.24, 2.45) is 0 Å². The van der Waals surface area contributed by atoms with Gasteiger partial charge in [0, 0.05) is 35.0 Å². The SMILES string of the molecule is CCN1C(=CC=C2CCCc3cc4cc(-c5nc6ccccc6s5)c(=O)cc-4oc32)C(C)(C)c2ccccc21. The zero-order chi connectivity index (χ0) is 26.7. The van der Waals surface area contributed by atoms with Crippen LogP contribution in [0, 0.1) is 0 Å². The van der Waals surface area contributed by atoms with Gasteiger partial charge in [-0.25, -0.2) is 4.98 Å². The van der Waals surface area contributed by atoms with Crippen LogP contribution in [0.4, 0.5) is 5.69 Å². The number of thiazole rings is 1. The van der Waals surface area contributed by atoms with E-state index < -0.39 is 0 Å². The number of aryl methyl sites for hydroxylation is 1. The highest BCUT2D eigenvalue weighted by Gasteiger charge is 2.38. The highest BCUT2D eigenvalue weighted by molar-refractivity contribution is 7.21. The molecule has 1 aromatic heterocycles. The van der Waals surface area contributed by atoms with E-state index in [4.69, 9.17) is 9.40 Å². The van der Waals surface area contributed by atoms with Crippen molar-refractivity contribution in [2.75, 3.05) is 11.4 Å². The third-order valence-electron chi connectivity index (χ3n) is 8.21. The molecule has 194 valence electrons. The second kappa shape index (κ2) is 9.06. The van der Waals surface area contributed by atoms with Gasteiger partial charge in [0.25, 0.3) is 0 Å². The van der Waals surface area contributed by atoms with Crippen molar-refractivity contribution in [2.45, 2.75) is 45.4 Å². The van der Waals surface area contributed by atoms with E-state index in [0.29, 0.717) is 11.3 Å². The molecule has 0 atom stereocenters. The van der Waals surface area contributed by atoms with E-state index in [2.05, 4.69) is 68.2 Å². The van der Waals surface area contributed by atoms with E-state index >= 15 is 0 Å². The van der Waals surface area contributed by atoms with Crippen LogP contribution in [-0.2, 0) is 11.8 Å². The fraction of sp³-hybridized carbons (Fsp3) is 0.235. The Labute approximate surface area is 232 Å². The zero-order valence-corrected chi connectivity index (χ0v) is 23.3. The quantitative estimate of drug-likeness (QED) is 0.235. The lowest BCUT2D eigenvalue weighted by atomic mass is 9.83. The molecular weight excluding hydrogens is 500 g/mol. The lowest BCUT2D eigenvalue weighted by molar-refractivity contribution is 0.526. The number of nitrogens with zero attached hydrogens (tertiary/aromatic N) is 2. The van der Waals surface area contributed by atoms with Crippen molar-refractivity contribution in [1.82, 2.24) is 4.98 Å². The van der Waals surface area contributed by atoms with Gasteiger partial charge in [0.05, 0.1) is 15.8 Å². The summed E-state index contributed by atoms with van der Waals surface area (Å²) in [5, 5.41) is 0.758. The Morgan fingerprint density at radius 2 is 1.85 bits per heavy atom. The number of hydrogen-bond donors (Lipinski definition) is 0. The van der Waals surface area contributed by atoms with Gasteiger partial charge in [0.2, 0.25) is 0 Å². The van der Waals surface area contributed by atoms with Gasteiger partial charge in [-0.2, -0.15) is 0 Å². The Kier molecular flexibility index (Phi) is 5.60. The van der Waals surface area contributed by atoms with Crippen LogP contribution in [0.5, 0.6) is 0 Å². The summed E-state index contributed by atoms with van der Waals surface area (Å²) in [6, 6.07) is 22.5. The molecule has 0 saturated carbocycles. The van der Waals surface area contributed by atoms with E-state index in [1.165, 1.54) is 28.1 Å². The van der Waals surface area contributed by atoms with Gasteiger partial charge in [-0.1, -0.05) is 50.3 Å². The summed E-state index contributed by atoms with van der Waals surface area (Å²) in [7, 11) is 0. The summed E-state index contributed by atoms with van der Waals surface area (Å²) >= 11 is 1.56. The largest absolute Gasteiger partial charge is 0.456 e. The number of rotatable bonds is 3. The Balaban J connectivity index is 1.30. The van der Waals surface area contributed by atoms with Crippen LogP contribution in [0.2, 0.25) is 0 Å². The average molecular weight is 531 g/mol. The van der Waals surface area contributed by atoms with Crippen LogP contribution in [0.25, 0.3) is 37.7 Å². The van der Waals surface area contributed by atoms with Crippen molar-refractivity contribution in [3.8, 4) is 21.9 Å². The van der Waals surface area contributed by atoms with Gasteiger partial charge in [0.1, 0.15) is 16.5 Å². The summed E-state index contributed by atoms with van der Waals surface area (Å²) < 4.78 is 7.57. The van der Waals surface area contributed by atoms with Crippen molar-refractivity contribution < 1.29 is 4.42 Å². The molecule has 39 heavy (non-hydrogen) atoms. The molecular formula is C34H30N2O2S. The lowest BCUT2D eigenvalue weighted by Crippen LogP contribution is -2.25. The molecule has 0 amide bonds. The molecule has 7 rings (SSSR count). The third kappa shape index (κ3) is 3.87. The minimum Gasteiger partial charge on any atom is -0.456 e. The number of anilines is 1. The minimum absolute atomic E-state index is 0.0576. The zero-order valence-electron chi connectivity index (χ0n) is 22.5. The summed E-state index contributed by atoms with van der Waals surface area (Å²) in [6.07, 6.45) is 7.53. The predicted molar refractivity (Wildman–Crippen MR) is 162 cm³/mol. The maximum atomic E-state index is 13.2. The Morgan fingerprint density at radius 1 is 1.03 bits per heavy atom.